The first-order valence-corrected chi connectivity index (χ1v) is 16.0. The van der Waals surface area contributed by atoms with Crippen molar-refractivity contribution < 1.29 is 23.0 Å². The molecule has 3 unspecified atom stereocenters. The number of nitrogens with one attached hydrogen (secondary N) is 1. The molecule has 0 spiro atoms. The number of benzene rings is 1. The fourth-order valence-corrected chi connectivity index (χ4v) is 8.35. The van der Waals surface area contributed by atoms with E-state index in [0.717, 1.165) is 31.4 Å². The van der Waals surface area contributed by atoms with Crippen LogP contribution in [0.25, 0.3) is 22.2 Å². The molecule has 2 aromatic heterocycles. The minimum atomic E-state index is -0.895. The van der Waals surface area contributed by atoms with E-state index in [1.54, 1.807) is 12.3 Å². The molecule has 1 aromatic carbocycles. The third kappa shape index (κ3) is 4.74. The zero-order valence-electron chi connectivity index (χ0n) is 24.6. The van der Waals surface area contributed by atoms with E-state index < -0.39 is 29.2 Å². The predicted octanol–water partition coefficient (Wildman–Crippen LogP) is 5.64. The number of carbonyl (C=O) groups is 1. The van der Waals surface area contributed by atoms with Crippen LogP contribution >= 0.6 is 11.6 Å². The molecule has 1 amide bonds. The predicted molar refractivity (Wildman–Crippen MR) is 161 cm³/mol. The third-order valence-electron chi connectivity index (χ3n) is 10.4. The number of anilines is 1. The van der Waals surface area contributed by atoms with Crippen LogP contribution < -0.4 is 15.0 Å². The summed E-state index contributed by atoms with van der Waals surface area (Å²) in [7, 11) is 0. The molecule has 12 heteroatoms. The van der Waals surface area contributed by atoms with E-state index in [-0.39, 0.29) is 35.7 Å². The van der Waals surface area contributed by atoms with Crippen LogP contribution in [0, 0.1) is 11.7 Å². The molecule has 9 rings (SSSR count). The van der Waals surface area contributed by atoms with Crippen molar-refractivity contribution in [3.8, 4) is 17.3 Å². The maximum absolute atomic E-state index is 16.7. The molecule has 3 saturated heterocycles. The van der Waals surface area contributed by atoms with Gasteiger partial charge in [0.25, 0.3) is 0 Å². The third-order valence-corrected chi connectivity index (χ3v) is 10.7. The SMILES string of the molecule is C[C@@]12CCN(C1)c1nc(OCC34CCCN3C[C@H](F)C4)nc3c(F)c(ncc13)-c1cccc(Cl)c1C1CC1CCOC(=O)N2. The Bertz CT molecular complexity index is 1660. The molecule has 1 N–H and O–H groups in total. The van der Waals surface area contributed by atoms with Crippen LogP contribution in [0.1, 0.15) is 56.9 Å². The second-order valence-electron chi connectivity index (χ2n) is 13.5. The number of ether oxygens (including phenoxy) is 2. The monoisotopic (exact) mass is 624 g/mol. The number of halogens is 3. The average Bonchev–Trinajstić information content (AvgIpc) is 3.29. The van der Waals surface area contributed by atoms with Gasteiger partial charge in [-0.25, -0.2) is 13.6 Å². The normalized spacial score (nSPS) is 31.4. The molecule has 9 nitrogen and oxygen atoms in total. The number of hydrogen-bond acceptors (Lipinski definition) is 8. The number of amides is 1. The lowest BCUT2D eigenvalue weighted by atomic mass is 9.95. The van der Waals surface area contributed by atoms with Gasteiger partial charge in [-0.15, -0.1) is 0 Å². The van der Waals surface area contributed by atoms with Crippen LogP contribution in [-0.4, -0.2) is 82.6 Å². The van der Waals surface area contributed by atoms with Gasteiger partial charge in [0, 0.05) is 42.8 Å². The Morgan fingerprint density at radius 1 is 1.25 bits per heavy atom. The van der Waals surface area contributed by atoms with Crippen molar-refractivity contribution in [1.82, 2.24) is 25.2 Å². The Morgan fingerprint density at radius 3 is 3.02 bits per heavy atom. The van der Waals surface area contributed by atoms with Gasteiger partial charge in [-0.2, -0.15) is 9.97 Å². The summed E-state index contributed by atoms with van der Waals surface area (Å²) in [5, 5.41) is 4.05. The highest BCUT2D eigenvalue weighted by molar-refractivity contribution is 6.32. The van der Waals surface area contributed by atoms with Gasteiger partial charge in [0.15, 0.2) is 5.82 Å². The first-order valence-electron chi connectivity index (χ1n) is 15.6. The molecule has 6 bridgehead atoms. The van der Waals surface area contributed by atoms with Crippen molar-refractivity contribution in [2.75, 3.05) is 44.3 Å². The number of rotatable bonds is 3. The zero-order valence-corrected chi connectivity index (χ0v) is 25.4. The van der Waals surface area contributed by atoms with Crippen LogP contribution in [0.15, 0.2) is 24.4 Å². The molecule has 0 radical (unpaired) electrons. The molecular weight excluding hydrogens is 590 g/mol. The standard InChI is InChI=1S/C32H35ClF2N6O3/c1-31-8-10-40(16-31)28-22-14-36-26(20-4-2-5-23(33)24(20)21-12-18(21)6-11-43-30(42)39-31)25(35)27(22)37-29(38-28)44-17-32-7-3-9-41(32)15-19(34)13-32/h2,4-5,14,18-19,21H,3,6-13,15-17H2,1H3,(H,39,42)/t18?,19-,21?,31-,32?/m1/s1. The largest absolute Gasteiger partial charge is 0.461 e. The summed E-state index contributed by atoms with van der Waals surface area (Å²) in [6.45, 7) is 4.73. The first-order chi connectivity index (χ1) is 21.2. The summed E-state index contributed by atoms with van der Waals surface area (Å²) in [6.07, 6.45) is 4.70. The second kappa shape index (κ2) is 10.4. The molecule has 4 fully saturated rings. The number of carbonyl (C=O) groups excluding carboxylic acids is 1. The maximum atomic E-state index is 16.7. The second-order valence-corrected chi connectivity index (χ2v) is 13.9. The lowest BCUT2D eigenvalue weighted by Crippen LogP contribution is -2.48. The Kier molecular flexibility index (Phi) is 6.64. The first kappa shape index (κ1) is 28.2. The van der Waals surface area contributed by atoms with E-state index in [4.69, 9.17) is 26.1 Å². The number of fused-ring (bicyclic) bond motifs is 6. The lowest BCUT2D eigenvalue weighted by Gasteiger charge is -2.31. The minimum absolute atomic E-state index is 0.0412. The fourth-order valence-electron chi connectivity index (χ4n) is 8.03. The quantitative estimate of drug-likeness (QED) is 0.400. The van der Waals surface area contributed by atoms with Crippen LogP contribution in [0.4, 0.5) is 19.4 Å². The lowest BCUT2D eigenvalue weighted by molar-refractivity contribution is 0.107. The molecule has 44 heavy (non-hydrogen) atoms. The number of hydrogen-bond donors (Lipinski definition) is 1. The van der Waals surface area contributed by atoms with E-state index in [1.165, 1.54) is 0 Å². The Labute approximate surface area is 259 Å². The van der Waals surface area contributed by atoms with Gasteiger partial charge >= 0.3 is 12.1 Å². The van der Waals surface area contributed by atoms with Crippen molar-refractivity contribution in [3.05, 3.63) is 40.8 Å². The summed E-state index contributed by atoms with van der Waals surface area (Å²) in [5.41, 5.74) is 0.779. The summed E-state index contributed by atoms with van der Waals surface area (Å²) in [4.78, 5) is 31.0. The highest BCUT2D eigenvalue weighted by Gasteiger charge is 2.49. The van der Waals surface area contributed by atoms with Gasteiger partial charge in [0.05, 0.1) is 23.1 Å². The van der Waals surface area contributed by atoms with Gasteiger partial charge in [-0.1, -0.05) is 23.7 Å². The minimum Gasteiger partial charge on any atom is -0.461 e. The summed E-state index contributed by atoms with van der Waals surface area (Å²) in [5.74, 6) is 0.290. The van der Waals surface area contributed by atoms with Crippen molar-refractivity contribution >= 4 is 34.4 Å². The van der Waals surface area contributed by atoms with E-state index >= 15 is 4.39 Å². The number of nitrogens with zero attached hydrogens (tertiary/aromatic N) is 5. The van der Waals surface area contributed by atoms with Crippen LogP contribution in [0.3, 0.4) is 0 Å². The molecular formula is C32H35ClF2N6O3. The molecule has 1 aliphatic carbocycles. The van der Waals surface area contributed by atoms with E-state index in [0.29, 0.717) is 67.3 Å². The summed E-state index contributed by atoms with van der Waals surface area (Å²) in [6, 6.07) is 5.50. The Morgan fingerprint density at radius 2 is 2.14 bits per heavy atom. The molecule has 5 aliphatic heterocycles. The highest BCUT2D eigenvalue weighted by atomic mass is 35.5. The number of alkyl halides is 1. The Balaban J connectivity index is 1.25. The summed E-state index contributed by atoms with van der Waals surface area (Å²) < 4.78 is 43.0. The van der Waals surface area contributed by atoms with E-state index in [2.05, 4.69) is 20.2 Å². The van der Waals surface area contributed by atoms with Gasteiger partial charge in [-0.05, 0) is 69.0 Å². The van der Waals surface area contributed by atoms with Gasteiger partial charge in [0.2, 0.25) is 0 Å². The van der Waals surface area contributed by atoms with Crippen LogP contribution in [0.5, 0.6) is 6.01 Å². The molecule has 7 heterocycles. The van der Waals surface area contributed by atoms with Crippen molar-refractivity contribution in [2.45, 2.75) is 68.6 Å². The average molecular weight is 625 g/mol. The number of alkyl carbamates (subject to hydrolysis) is 1. The van der Waals surface area contributed by atoms with E-state index in [1.807, 2.05) is 24.0 Å². The van der Waals surface area contributed by atoms with Gasteiger partial charge in [-0.3, -0.25) is 9.88 Å². The van der Waals surface area contributed by atoms with E-state index in [9.17, 15) is 9.18 Å². The smallest absolute Gasteiger partial charge is 0.407 e. The van der Waals surface area contributed by atoms with Crippen LogP contribution in [0.2, 0.25) is 5.02 Å². The van der Waals surface area contributed by atoms with Crippen molar-refractivity contribution in [2.24, 2.45) is 5.92 Å². The maximum Gasteiger partial charge on any atom is 0.407 e. The van der Waals surface area contributed by atoms with Crippen molar-refractivity contribution in [3.63, 3.8) is 0 Å². The molecule has 232 valence electrons. The van der Waals surface area contributed by atoms with Gasteiger partial charge in [0.1, 0.15) is 29.8 Å². The molecule has 1 saturated carbocycles. The zero-order chi connectivity index (χ0) is 30.2. The topological polar surface area (TPSA) is 92.7 Å². The van der Waals surface area contributed by atoms with Crippen LogP contribution in [-0.2, 0) is 4.74 Å². The van der Waals surface area contributed by atoms with Crippen molar-refractivity contribution in [1.29, 1.82) is 0 Å². The Hall–Kier alpha value is -3.31. The van der Waals surface area contributed by atoms with Gasteiger partial charge < -0.3 is 19.7 Å². The molecule has 3 aromatic rings. The molecule has 5 atom stereocenters. The number of pyridine rings is 1. The fraction of sp³-hybridized carbons (Fsp3) is 0.562. The highest BCUT2D eigenvalue weighted by Crippen LogP contribution is 2.54. The summed E-state index contributed by atoms with van der Waals surface area (Å²) >= 11 is 6.73. The number of aromatic nitrogens is 3. The molecule has 6 aliphatic rings.